The van der Waals surface area contributed by atoms with E-state index >= 15 is 0 Å². The number of hydrogen-bond donors (Lipinski definition) is 0. The van der Waals surface area contributed by atoms with E-state index in [1.54, 1.807) is 30.4 Å². The van der Waals surface area contributed by atoms with E-state index in [0.717, 1.165) is 11.3 Å². The topological polar surface area (TPSA) is 69.1 Å². The van der Waals surface area contributed by atoms with Crippen LogP contribution >= 0.6 is 11.8 Å². The molecule has 0 aliphatic carbocycles. The van der Waals surface area contributed by atoms with Gasteiger partial charge < -0.3 is 8.94 Å². The minimum absolute atomic E-state index is 0.160. The van der Waals surface area contributed by atoms with Crippen LogP contribution in [0.15, 0.2) is 27.5 Å². The standard InChI is InChI=1S/C10H8N2O3S/c13-8-5-16-4-7(8)10-11-9(12-15-10)6-1-2-14-3-6/h1-3,7H,4-5H2. The maximum atomic E-state index is 11.5. The van der Waals surface area contributed by atoms with Crippen molar-refractivity contribution in [3.63, 3.8) is 0 Å². The lowest BCUT2D eigenvalue weighted by atomic mass is 10.1. The third-order valence-corrected chi connectivity index (χ3v) is 3.49. The second-order valence-corrected chi connectivity index (χ2v) is 4.53. The summed E-state index contributed by atoms with van der Waals surface area (Å²) in [6, 6.07) is 1.75. The van der Waals surface area contributed by atoms with E-state index in [4.69, 9.17) is 8.94 Å². The number of Topliss-reactive ketones (excluding diaryl/α,β-unsaturated/α-hetero) is 1. The molecular formula is C10H8N2O3S. The van der Waals surface area contributed by atoms with E-state index < -0.39 is 0 Å². The molecule has 1 fully saturated rings. The zero-order chi connectivity index (χ0) is 11.0. The molecule has 82 valence electrons. The van der Waals surface area contributed by atoms with Crippen LogP contribution < -0.4 is 0 Å². The molecule has 1 unspecified atom stereocenters. The van der Waals surface area contributed by atoms with Crippen LogP contribution in [-0.4, -0.2) is 27.4 Å². The van der Waals surface area contributed by atoms with Gasteiger partial charge in [-0.25, -0.2) is 0 Å². The smallest absolute Gasteiger partial charge is 0.238 e. The highest BCUT2D eigenvalue weighted by molar-refractivity contribution is 8.00. The van der Waals surface area contributed by atoms with Crippen LogP contribution in [0.4, 0.5) is 0 Å². The molecule has 1 aliphatic heterocycles. The van der Waals surface area contributed by atoms with Gasteiger partial charge in [0.05, 0.1) is 17.6 Å². The van der Waals surface area contributed by atoms with E-state index in [2.05, 4.69) is 10.1 Å². The summed E-state index contributed by atoms with van der Waals surface area (Å²) in [6.07, 6.45) is 3.09. The normalized spacial score (nSPS) is 20.5. The number of rotatable bonds is 2. The van der Waals surface area contributed by atoms with Gasteiger partial charge in [-0.3, -0.25) is 4.79 Å². The lowest BCUT2D eigenvalue weighted by Crippen LogP contribution is -2.09. The Balaban J connectivity index is 1.91. The number of aromatic nitrogens is 2. The molecule has 1 saturated heterocycles. The van der Waals surface area contributed by atoms with Gasteiger partial charge >= 0.3 is 0 Å². The molecule has 1 atom stereocenters. The van der Waals surface area contributed by atoms with Gasteiger partial charge in [0.1, 0.15) is 12.2 Å². The molecule has 0 bridgehead atoms. The molecule has 0 N–H and O–H groups in total. The first-order chi connectivity index (χ1) is 7.84. The Morgan fingerprint density at radius 3 is 3.12 bits per heavy atom. The fourth-order valence-electron chi connectivity index (χ4n) is 1.57. The maximum Gasteiger partial charge on any atom is 0.238 e. The predicted molar refractivity (Wildman–Crippen MR) is 57.1 cm³/mol. The van der Waals surface area contributed by atoms with Crippen LogP contribution in [0.25, 0.3) is 11.4 Å². The molecule has 2 aromatic heterocycles. The lowest BCUT2D eigenvalue weighted by Gasteiger charge is -1.97. The Kier molecular flexibility index (Phi) is 2.28. The van der Waals surface area contributed by atoms with Crippen LogP contribution in [0.5, 0.6) is 0 Å². The molecule has 0 aromatic carbocycles. The van der Waals surface area contributed by atoms with E-state index in [-0.39, 0.29) is 11.7 Å². The molecular weight excluding hydrogens is 228 g/mol. The van der Waals surface area contributed by atoms with Crippen molar-refractivity contribution >= 4 is 17.5 Å². The largest absolute Gasteiger partial charge is 0.472 e. The summed E-state index contributed by atoms with van der Waals surface area (Å²) in [5.74, 6) is 2.06. The zero-order valence-electron chi connectivity index (χ0n) is 8.25. The third-order valence-electron chi connectivity index (χ3n) is 2.44. The average molecular weight is 236 g/mol. The molecule has 6 heteroatoms. The van der Waals surface area contributed by atoms with Crippen LogP contribution in [-0.2, 0) is 4.79 Å². The summed E-state index contributed by atoms with van der Waals surface area (Å²) in [5, 5.41) is 3.83. The number of carbonyl (C=O) groups excluding carboxylic acids is 1. The Bertz CT molecular complexity index is 506. The van der Waals surface area contributed by atoms with Crippen molar-refractivity contribution in [3.05, 3.63) is 24.5 Å². The first-order valence-corrected chi connectivity index (χ1v) is 5.96. The van der Waals surface area contributed by atoms with Crippen LogP contribution in [0, 0.1) is 0 Å². The number of thioether (sulfide) groups is 1. The van der Waals surface area contributed by atoms with Crippen LogP contribution in [0.3, 0.4) is 0 Å². The highest BCUT2D eigenvalue weighted by Gasteiger charge is 2.31. The fourth-order valence-corrected chi connectivity index (χ4v) is 2.65. The predicted octanol–water partition coefficient (Wildman–Crippen LogP) is 1.73. The minimum Gasteiger partial charge on any atom is -0.472 e. The van der Waals surface area contributed by atoms with Crippen molar-refractivity contribution in [1.82, 2.24) is 10.1 Å². The number of nitrogens with zero attached hydrogens (tertiary/aromatic N) is 2. The molecule has 0 amide bonds. The average Bonchev–Trinajstić information content (AvgIpc) is 2.96. The highest BCUT2D eigenvalue weighted by atomic mass is 32.2. The molecule has 2 aromatic rings. The molecule has 16 heavy (non-hydrogen) atoms. The van der Waals surface area contributed by atoms with E-state index in [1.807, 2.05) is 0 Å². The number of ketones is 1. The summed E-state index contributed by atoms with van der Waals surface area (Å²) in [5.41, 5.74) is 0.757. The van der Waals surface area contributed by atoms with E-state index in [0.29, 0.717) is 17.5 Å². The molecule has 3 rings (SSSR count). The summed E-state index contributed by atoms with van der Waals surface area (Å²) in [4.78, 5) is 15.7. The van der Waals surface area contributed by atoms with E-state index in [1.165, 1.54) is 0 Å². The Hall–Kier alpha value is -1.56. The minimum atomic E-state index is -0.238. The first-order valence-electron chi connectivity index (χ1n) is 4.81. The van der Waals surface area contributed by atoms with Crippen molar-refractivity contribution in [2.24, 2.45) is 0 Å². The molecule has 0 radical (unpaired) electrons. The second-order valence-electron chi connectivity index (χ2n) is 3.50. The van der Waals surface area contributed by atoms with Gasteiger partial charge in [0, 0.05) is 5.75 Å². The Labute approximate surface area is 95.2 Å². The van der Waals surface area contributed by atoms with Gasteiger partial charge in [-0.1, -0.05) is 5.16 Å². The monoisotopic (exact) mass is 236 g/mol. The van der Waals surface area contributed by atoms with Crippen LogP contribution in [0.1, 0.15) is 11.8 Å². The van der Waals surface area contributed by atoms with Crippen molar-refractivity contribution in [2.45, 2.75) is 5.92 Å². The summed E-state index contributed by atoms with van der Waals surface area (Å²) in [6.45, 7) is 0. The molecule has 0 saturated carbocycles. The summed E-state index contributed by atoms with van der Waals surface area (Å²) in [7, 11) is 0. The van der Waals surface area contributed by atoms with Gasteiger partial charge in [0.15, 0.2) is 5.78 Å². The van der Waals surface area contributed by atoms with Crippen molar-refractivity contribution in [2.75, 3.05) is 11.5 Å². The summed E-state index contributed by atoms with van der Waals surface area (Å²) >= 11 is 1.60. The highest BCUT2D eigenvalue weighted by Crippen LogP contribution is 2.29. The summed E-state index contributed by atoms with van der Waals surface area (Å²) < 4.78 is 10.0. The third kappa shape index (κ3) is 1.55. The fraction of sp³-hybridized carbons (Fsp3) is 0.300. The first kappa shape index (κ1) is 9.65. The SMILES string of the molecule is O=C1CSCC1c1nc(-c2ccoc2)no1. The number of furan rings is 1. The lowest BCUT2D eigenvalue weighted by molar-refractivity contribution is -0.117. The maximum absolute atomic E-state index is 11.5. The zero-order valence-corrected chi connectivity index (χ0v) is 9.07. The molecule has 0 spiro atoms. The van der Waals surface area contributed by atoms with Crippen molar-refractivity contribution in [1.29, 1.82) is 0 Å². The Morgan fingerprint density at radius 2 is 2.44 bits per heavy atom. The van der Waals surface area contributed by atoms with Gasteiger partial charge in [0.25, 0.3) is 0 Å². The van der Waals surface area contributed by atoms with Crippen LogP contribution in [0.2, 0.25) is 0 Å². The van der Waals surface area contributed by atoms with Gasteiger partial charge in [-0.15, -0.1) is 0 Å². The van der Waals surface area contributed by atoms with Crippen molar-refractivity contribution in [3.8, 4) is 11.4 Å². The quantitative estimate of drug-likeness (QED) is 0.790. The molecule has 5 nitrogen and oxygen atoms in total. The van der Waals surface area contributed by atoms with Gasteiger partial charge in [0.2, 0.25) is 11.7 Å². The molecule has 3 heterocycles. The van der Waals surface area contributed by atoms with Crippen molar-refractivity contribution < 1.29 is 13.7 Å². The second kappa shape index (κ2) is 3.79. The van der Waals surface area contributed by atoms with Gasteiger partial charge in [-0.05, 0) is 6.07 Å². The van der Waals surface area contributed by atoms with Gasteiger partial charge in [-0.2, -0.15) is 16.7 Å². The number of hydrogen-bond acceptors (Lipinski definition) is 6. The van der Waals surface area contributed by atoms with E-state index in [9.17, 15) is 4.79 Å². The Morgan fingerprint density at radius 1 is 1.50 bits per heavy atom. The molecule has 1 aliphatic rings. The number of carbonyl (C=O) groups is 1.